The first-order valence-electron chi connectivity index (χ1n) is 11.9. The van der Waals surface area contributed by atoms with Gasteiger partial charge in [0.25, 0.3) is 0 Å². The number of fused-ring (bicyclic) bond motifs is 1. The molecule has 0 aliphatic heterocycles. The second-order valence-corrected chi connectivity index (χ2v) is 10.3. The first-order chi connectivity index (χ1) is 17.8. The van der Waals surface area contributed by atoms with Gasteiger partial charge >= 0.3 is 19.7 Å². The van der Waals surface area contributed by atoms with Gasteiger partial charge in [0.15, 0.2) is 6.10 Å². The summed E-state index contributed by atoms with van der Waals surface area (Å²) in [5.41, 5.74) is 2.25. The third-order valence-electron chi connectivity index (χ3n) is 5.72. The van der Waals surface area contributed by atoms with E-state index in [-0.39, 0.29) is 25.1 Å². The average molecular weight is 522 g/mol. The molecule has 0 fully saturated rings. The van der Waals surface area contributed by atoms with Gasteiger partial charge in [-0.2, -0.15) is 0 Å². The number of hydrogen-bond donors (Lipinski definition) is 1. The van der Waals surface area contributed by atoms with E-state index in [9.17, 15) is 19.3 Å². The number of aromatic carboxylic acids is 1. The van der Waals surface area contributed by atoms with Crippen LogP contribution in [-0.2, 0) is 24.5 Å². The maximum Gasteiger partial charge on any atom is 0.420 e. The molecule has 0 aliphatic carbocycles. The molecule has 1 N–H and O–H groups in total. The van der Waals surface area contributed by atoms with Crippen LogP contribution in [0.4, 0.5) is 4.79 Å². The van der Waals surface area contributed by atoms with Gasteiger partial charge in [-0.3, -0.25) is 4.57 Å². The zero-order valence-electron chi connectivity index (χ0n) is 20.6. The predicted molar refractivity (Wildman–Crippen MR) is 140 cm³/mol. The zero-order chi connectivity index (χ0) is 26.4. The van der Waals surface area contributed by atoms with E-state index in [4.69, 9.17) is 13.8 Å². The van der Waals surface area contributed by atoms with Crippen LogP contribution in [0.1, 0.15) is 47.1 Å². The molecule has 0 aliphatic rings. The second kappa shape index (κ2) is 11.6. The van der Waals surface area contributed by atoms with Gasteiger partial charge in [0.1, 0.15) is 5.69 Å². The quantitative estimate of drug-likeness (QED) is 0.227. The van der Waals surface area contributed by atoms with E-state index in [1.54, 1.807) is 32.0 Å². The number of nitrogens with zero attached hydrogens (tertiary/aromatic N) is 1. The Labute approximate surface area is 214 Å². The predicted octanol–water partition coefficient (Wildman–Crippen LogP) is 6.88. The van der Waals surface area contributed by atoms with Crippen LogP contribution in [0.2, 0.25) is 0 Å². The first-order valence-corrected chi connectivity index (χ1v) is 13.6. The van der Waals surface area contributed by atoms with Crippen LogP contribution >= 0.6 is 7.60 Å². The van der Waals surface area contributed by atoms with E-state index in [0.29, 0.717) is 16.5 Å². The van der Waals surface area contributed by atoms with Gasteiger partial charge in [0.2, 0.25) is 0 Å². The maximum atomic E-state index is 13.5. The van der Waals surface area contributed by atoms with Gasteiger partial charge in [0.05, 0.1) is 24.9 Å². The van der Waals surface area contributed by atoms with Gasteiger partial charge in [-0.05, 0) is 48.7 Å². The van der Waals surface area contributed by atoms with Gasteiger partial charge in [-0.1, -0.05) is 66.7 Å². The number of carbonyl (C=O) groups excluding carboxylic acids is 1. The first kappa shape index (κ1) is 26.4. The van der Waals surface area contributed by atoms with Crippen molar-refractivity contribution in [3.63, 3.8) is 0 Å². The summed E-state index contributed by atoms with van der Waals surface area (Å²) in [5.74, 6) is -1.28. The Balaban J connectivity index is 1.72. The Hall–Kier alpha value is -3.71. The lowest BCUT2D eigenvalue weighted by Gasteiger charge is -2.20. The number of carboxylic acids is 1. The van der Waals surface area contributed by atoms with Crippen molar-refractivity contribution >= 4 is 30.6 Å². The van der Waals surface area contributed by atoms with Crippen LogP contribution in [0.3, 0.4) is 0 Å². The monoisotopic (exact) mass is 521 g/mol. The summed E-state index contributed by atoms with van der Waals surface area (Å²) >= 11 is 0. The zero-order valence-corrected chi connectivity index (χ0v) is 21.5. The minimum Gasteiger partial charge on any atom is -0.477 e. The standard InChI is InChI=1S/C28H28NO7P/c1-3-34-37(33,35-4-2)19-20-15-16-24-23(17-20)18-25(27(30)31)29(24)28(32)36-26(21-11-7-5-8-12-21)22-13-9-6-10-14-22/h5-18,26H,3-4,19H2,1-2H3,(H,30,31). The Morgan fingerprint density at radius 1 is 0.865 bits per heavy atom. The largest absolute Gasteiger partial charge is 0.477 e. The van der Waals surface area contributed by atoms with Gasteiger partial charge in [-0.15, -0.1) is 0 Å². The molecular weight excluding hydrogens is 493 g/mol. The van der Waals surface area contributed by atoms with Crippen molar-refractivity contribution in [2.24, 2.45) is 0 Å². The normalized spacial score (nSPS) is 11.6. The SMILES string of the molecule is CCOP(=O)(Cc1ccc2c(c1)cc(C(=O)O)n2C(=O)OC(c1ccccc1)c1ccccc1)OCC. The summed E-state index contributed by atoms with van der Waals surface area (Å²) in [6, 6.07) is 24.9. The molecule has 0 atom stereocenters. The molecule has 1 heterocycles. The lowest BCUT2D eigenvalue weighted by atomic mass is 10.0. The summed E-state index contributed by atoms with van der Waals surface area (Å²) < 4.78 is 30.7. The molecule has 37 heavy (non-hydrogen) atoms. The molecule has 0 unspecified atom stereocenters. The minimum absolute atomic E-state index is 0.0206. The molecule has 0 saturated carbocycles. The number of rotatable bonds is 10. The highest BCUT2D eigenvalue weighted by atomic mass is 31.2. The van der Waals surface area contributed by atoms with Crippen LogP contribution in [0.15, 0.2) is 84.9 Å². The fraction of sp³-hybridized carbons (Fsp3) is 0.214. The fourth-order valence-corrected chi connectivity index (χ4v) is 5.89. The number of benzene rings is 3. The summed E-state index contributed by atoms with van der Waals surface area (Å²) in [6.07, 6.45) is -1.55. The molecule has 0 spiro atoms. The maximum absolute atomic E-state index is 13.5. The highest BCUT2D eigenvalue weighted by molar-refractivity contribution is 7.53. The molecule has 4 rings (SSSR count). The smallest absolute Gasteiger partial charge is 0.420 e. The summed E-state index contributed by atoms with van der Waals surface area (Å²) in [6.45, 7) is 3.93. The molecule has 0 amide bonds. The van der Waals surface area contributed by atoms with Crippen LogP contribution < -0.4 is 0 Å². The van der Waals surface area contributed by atoms with Gasteiger partial charge < -0.3 is 18.9 Å². The van der Waals surface area contributed by atoms with Gasteiger partial charge in [-0.25, -0.2) is 14.2 Å². The van der Waals surface area contributed by atoms with Crippen molar-refractivity contribution in [1.29, 1.82) is 0 Å². The number of ether oxygens (including phenoxy) is 1. The average Bonchev–Trinajstić information content (AvgIpc) is 3.28. The van der Waals surface area contributed by atoms with Gasteiger partial charge in [0, 0.05) is 5.39 Å². The summed E-state index contributed by atoms with van der Waals surface area (Å²) in [7, 11) is -3.36. The van der Waals surface area contributed by atoms with E-state index in [1.165, 1.54) is 6.07 Å². The molecule has 192 valence electrons. The van der Waals surface area contributed by atoms with E-state index in [2.05, 4.69) is 0 Å². The Morgan fingerprint density at radius 2 is 1.43 bits per heavy atom. The molecular formula is C28H28NO7P. The number of carbonyl (C=O) groups is 2. The minimum atomic E-state index is -3.36. The Bertz CT molecular complexity index is 1380. The lowest BCUT2D eigenvalue weighted by molar-refractivity contribution is 0.0677. The van der Waals surface area contributed by atoms with Crippen molar-refractivity contribution in [3.8, 4) is 0 Å². The highest BCUT2D eigenvalue weighted by Crippen LogP contribution is 2.51. The number of aromatic nitrogens is 1. The number of carboxylic acid groups (broad SMARTS) is 1. The molecule has 8 nitrogen and oxygen atoms in total. The van der Waals surface area contributed by atoms with Crippen molar-refractivity contribution in [2.45, 2.75) is 26.1 Å². The van der Waals surface area contributed by atoms with Crippen LogP contribution in [0.5, 0.6) is 0 Å². The van der Waals surface area contributed by atoms with Crippen LogP contribution in [0.25, 0.3) is 10.9 Å². The third kappa shape index (κ3) is 6.00. The van der Waals surface area contributed by atoms with Crippen molar-refractivity contribution in [2.75, 3.05) is 13.2 Å². The molecule has 1 aromatic heterocycles. The van der Waals surface area contributed by atoms with Crippen LogP contribution in [0, 0.1) is 0 Å². The molecule has 4 aromatic rings. The van der Waals surface area contributed by atoms with E-state index in [1.807, 2.05) is 60.7 Å². The second-order valence-electron chi connectivity index (χ2n) is 8.25. The number of hydrogen-bond acceptors (Lipinski definition) is 6. The topological polar surface area (TPSA) is 104 Å². The summed E-state index contributed by atoms with van der Waals surface area (Å²) in [5, 5.41) is 10.4. The molecule has 0 saturated heterocycles. The van der Waals surface area contributed by atoms with Crippen LogP contribution in [-0.4, -0.2) is 34.9 Å². The van der Waals surface area contributed by atoms with E-state index < -0.39 is 25.8 Å². The molecule has 0 bridgehead atoms. The Morgan fingerprint density at radius 3 is 1.95 bits per heavy atom. The van der Waals surface area contributed by atoms with Crippen molar-refractivity contribution in [3.05, 3.63) is 107 Å². The molecule has 9 heteroatoms. The van der Waals surface area contributed by atoms with Crippen molar-refractivity contribution in [1.82, 2.24) is 4.57 Å². The van der Waals surface area contributed by atoms with E-state index >= 15 is 0 Å². The van der Waals surface area contributed by atoms with E-state index in [0.717, 1.165) is 15.7 Å². The Kier molecular flexibility index (Phi) is 8.24. The lowest BCUT2D eigenvalue weighted by Crippen LogP contribution is -2.21. The third-order valence-corrected chi connectivity index (χ3v) is 7.77. The molecule has 3 aromatic carbocycles. The van der Waals surface area contributed by atoms with Crippen molar-refractivity contribution < 1.29 is 33.0 Å². The summed E-state index contributed by atoms with van der Waals surface area (Å²) in [4.78, 5) is 25.6. The fourth-order valence-electron chi connectivity index (χ4n) is 4.20. The highest BCUT2D eigenvalue weighted by Gasteiger charge is 2.27. The molecule has 0 radical (unpaired) electrons.